The number of carbonyl (C=O) groups excluding carboxylic acids is 2. The van der Waals surface area contributed by atoms with Gasteiger partial charge in [0.1, 0.15) is 0 Å². The number of benzene rings is 4. The molecular formula is C29H27N3O4S. The number of nitrogens with zero attached hydrogens (tertiary/aromatic N) is 1. The molecule has 2 amide bonds. The van der Waals surface area contributed by atoms with E-state index in [1.807, 2.05) is 55.5 Å². The molecule has 0 spiro atoms. The molecule has 2 N–H and O–H groups in total. The molecule has 7 nitrogen and oxygen atoms in total. The summed E-state index contributed by atoms with van der Waals surface area (Å²) in [4.78, 5) is 26.0. The molecule has 0 saturated carbocycles. The van der Waals surface area contributed by atoms with Gasteiger partial charge < -0.3 is 10.6 Å². The summed E-state index contributed by atoms with van der Waals surface area (Å²) < 4.78 is 27.6. The van der Waals surface area contributed by atoms with Gasteiger partial charge in [0.05, 0.1) is 27.9 Å². The zero-order valence-corrected chi connectivity index (χ0v) is 21.2. The molecule has 0 unspecified atom stereocenters. The van der Waals surface area contributed by atoms with Crippen molar-refractivity contribution in [3.8, 4) is 0 Å². The highest BCUT2D eigenvalue weighted by Crippen LogP contribution is 2.42. The van der Waals surface area contributed by atoms with E-state index in [-0.39, 0.29) is 30.8 Å². The third-order valence-electron chi connectivity index (χ3n) is 6.54. The van der Waals surface area contributed by atoms with E-state index in [0.29, 0.717) is 28.3 Å². The van der Waals surface area contributed by atoms with Crippen molar-refractivity contribution in [1.82, 2.24) is 5.32 Å². The van der Waals surface area contributed by atoms with E-state index in [1.54, 1.807) is 42.5 Å². The van der Waals surface area contributed by atoms with Crippen LogP contribution in [0.3, 0.4) is 0 Å². The van der Waals surface area contributed by atoms with Gasteiger partial charge in [-0.15, -0.1) is 0 Å². The Kier molecular flexibility index (Phi) is 6.67. The summed E-state index contributed by atoms with van der Waals surface area (Å²) in [5.41, 5.74) is 2.40. The van der Waals surface area contributed by atoms with Crippen molar-refractivity contribution < 1.29 is 18.0 Å². The first kappa shape index (κ1) is 24.5. The minimum Gasteiger partial charge on any atom is -0.345 e. The number of carbonyl (C=O) groups is 2. The molecule has 0 radical (unpaired) electrons. The van der Waals surface area contributed by atoms with Crippen LogP contribution in [0.25, 0.3) is 10.8 Å². The number of sulfonamides is 1. The maximum absolute atomic E-state index is 13.1. The second-order valence-electron chi connectivity index (χ2n) is 9.01. The first-order valence-corrected chi connectivity index (χ1v) is 13.6. The van der Waals surface area contributed by atoms with Crippen LogP contribution in [0.15, 0.2) is 95.9 Å². The molecule has 0 aromatic heterocycles. The van der Waals surface area contributed by atoms with E-state index >= 15 is 0 Å². The Morgan fingerprint density at radius 2 is 1.57 bits per heavy atom. The fourth-order valence-corrected chi connectivity index (χ4v) is 6.43. The Morgan fingerprint density at radius 3 is 2.35 bits per heavy atom. The minimum absolute atomic E-state index is 0.106. The van der Waals surface area contributed by atoms with Crippen LogP contribution >= 0.6 is 0 Å². The Bertz CT molecular complexity index is 1580. The molecule has 0 aliphatic carbocycles. The predicted molar refractivity (Wildman–Crippen MR) is 145 cm³/mol. The van der Waals surface area contributed by atoms with Crippen LogP contribution in [0.1, 0.15) is 41.7 Å². The summed E-state index contributed by atoms with van der Waals surface area (Å²) in [7, 11) is -3.66. The summed E-state index contributed by atoms with van der Waals surface area (Å²) in [6.45, 7) is 2.08. The summed E-state index contributed by atoms with van der Waals surface area (Å²) >= 11 is 0. The lowest BCUT2D eigenvalue weighted by Crippen LogP contribution is -2.29. The zero-order valence-electron chi connectivity index (χ0n) is 20.3. The van der Waals surface area contributed by atoms with Crippen LogP contribution in [0, 0.1) is 0 Å². The smallest absolute Gasteiger partial charge is 0.265 e. The molecular weight excluding hydrogens is 486 g/mol. The second-order valence-corrected chi connectivity index (χ2v) is 10.8. The molecule has 0 fully saturated rings. The predicted octanol–water partition coefficient (Wildman–Crippen LogP) is 5.26. The number of para-hydroxylation sites is 1. The molecule has 4 aromatic rings. The van der Waals surface area contributed by atoms with Crippen molar-refractivity contribution >= 4 is 44.0 Å². The van der Waals surface area contributed by atoms with Crippen LogP contribution in [0.4, 0.5) is 11.4 Å². The monoisotopic (exact) mass is 513 g/mol. The number of hydrogen-bond acceptors (Lipinski definition) is 4. The molecule has 8 heteroatoms. The average Bonchev–Trinajstić information content (AvgIpc) is 3.12. The number of nitrogens with one attached hydrogen (secondary N) is 2. The van der Waals surface area contributed by atoms with Crippen molar-refractivity contribution in [1.29, 1.82) is 0 Å². The fourth-order valence-electron chi connectivity index (χ4n) is 4.68. The van der Waals surface area contributed by atoms with Crippen molar-refractivity contribution in [2.75, 3.05) is 16.2 Å². The van der Waals surface area contributed by atoms with Gasteiger partial charge in [0.25, 0.3) is 15.9 Å². The van der Waals surface area contributed by atoms with Gasteiger partial charge in [-0.2, -0.15) is 0 Å². The van der Waals surface area contributed by atoms with Gasteiger partial charge in [0, 0.05) is 18.4 Å². The maximum atomic E-state index is 13.1. The lowest BCUT2D eigenvalue weighted by Gasteiger charge is -2.19. The number of amides is 2. The van der Waals surface area contributed by atoms with E-state index in [0.717, 1.165) is 16.3 Å². The largest absolute Gasteiger partial charge is 0.345 e. The first-order chi connectivity index (χ1) is 17.9. The standard InChI is InChI=1S/C29H27N3O4S/c1-20(21-10-3-2-4-11-21)30-29(34)23-14-5-6-15-24(23)31-27(33)18-9-19-32-25-16-7-12-22-13-8-17-26(28(22)25)37(32,35)36/h2-8,10-17,20H,9,18-19H2,1H3,(H,30,34)(H,31,33)/t20-/m1/s1. The molecule has 1 heterocycles. The summed E-state index contributed by atoms with van der Waals surface area (Å²) in [5, 5.41) is 7.38. The van der Waals surface area contributed by atoms with Gasteiger partial charge in [-0.05, 0) is 48.6 Å². The zero-order chi connectivity index (χ0) is 26.0. The normalized spacial score (nSPS) is 14.4. The van der Waals surface area contributed by atoms with Gasteiger partial charge in [-0.3, -0.25) is 13.9 Å². The second kappa shape index (κ2) is 10.1. The highest BCUT2D eigenvalue weighted by atomic mass is 32.2. The molecule has 1 atom stereocenters. The average molecular weight is 514 g/mol. The van der Waals surface area contributed by atoms with Crippen molar-refractivity contribution in [3.05, 3.63) is 102 Å². The molecule has 37 heavy (non-hydrogen) atoms. The first-order valence-electron chi connectivity index (χ1n) is 12.2. The van der Waals surface area contributed by atoms with Gasteiger partial charge in [-0.1, -0.05) is 66.7 Å². The van der Waals surface area contributed by atoms with Crippen molar-refractivity contribution in [2.24, 2.45) is 0 Å². The van der Waals surface area contributed by atoms with Crippen LogP contribution in [0.2, 0.25) is 0 Å². The summed E-state index contributed by atoms with van der Waals surface area (Å²) in [5.74, 6) is -0.579. The topological polar surface area (TPSA) is 95.6 Å². The maximum Gasteiger partial charge on any atom is 0.265 e. The molecule has 4 aromatic carbocycles. The van der Waals surface area contributed by atoms with Crippen molar-refractivity contribution in [2.45, 2.75) is 30.7 Å². The minimum atomic E-state index is -3.66. The molecule has 1 aliphatic heterocycles. The van der Waals surface area contributed by atoms with E-state index < -0.39 is 10.0 Å². The highest BCUT2D eigenvalue weighted by molar-refractivity contribution is 7.93. The van der Waals surface area contributed by atoms with E-state index in [1.165, 1.54) is 4.31 Å². The lowest BCUT2D eigenvalue weighted by molar-refractivity contribution is -0.116. The third kappa shape index (κ3) is 4.80. The van der Waals surface area contributed by atoms with E-state index in [4.69, 9.17) is 0 Å². The van der Waals surface area contributed by atoms with Crippen LogP contribution in [0.5, 0.6) is 0 Å². The molecule has 188 valence electrons. The van der Waals surface area contributed by atoms with Gasteiger partial charge in [0.2, 0.25) is 5.91 Å². The number of hydrogen-bond donors (Lipinski definition) is 2. The van der Waals surface area contributed by atoms with Crippen LogP contribution in [-0.4, -0.2) is 26.8 Å². The number of rotatable bonds is 8. The summed E-state index contributed by atoms with van der Waals surface area (Å²) in [6, 6.07) is 27.0. The van der Waals surface area contributed by atoms with Gasteiger partial charge in [-0.25, -0.2) is 8.42 Å². The Balaban J connectivity index is 1.22. The third-order valence-corrected chi connectivity index (χ3v) is 8.39. The molecule has 0 bridgehead atoms. The fraction of sp³-hybridized carbons (Fsp3) is 0.172. The number of anilines is 2. The van der Waals surface area contributed by atoms with Gasteiger partial charge in [0.15, 0.2) is 0 Å². The lowest BCUT2D eigenvalue weighted by atomic mass is 10.1. The highest BCUT2D eigenvalue weighted by Gasteiger charge is 2.35. The van der Waals surface area contributed by atoms with Crippen LogP contribution < -0.4 is 14.9 Å². The SMILES string of the molecule is C[C@@H](NC(=O)c1ccccc1NC(=O)CCCN1c2cccc3cccc(c23)S1(=O)=O)c1ccccc1. The summed E-state index contributed by atoms with van der Waals surface area (Å²) in [6.07, 6.45) is 0.434. The molecule has 1 aliphatic rings. The van der Waals surface area contributed by atoms with Crippen LogP contribution in [-0.2, 0) is 14.8 Å². The molecule has 5 rings (SSSR count). The Labute approximate surface area is 216 Å². The Morgan fingerprint density at radius 1 is 0.865 bits per heavy atom. The quantitative estimate of drug-likeness (QED) is 0.336. The van der Waals surface area contributed by atoms with Crippen molar-refractivity contribution in [3.63, 3.8) is 0 Å². The Hall–Kier alpha value is -4.17. The van der Waals surface area contributed by atoms with Gasteiger partial charge >= 0.3 is 0 Å². The molecule has 0 saturated heterocycles. The van der Waals surface area contributed by atoms with E-state index in [2.05, 4.69) is 10.6 Å². The van der Waals surface area contributed by atoms with E-state index in [9.17, 15) is 18.0 Å².